The molecule has 3 aliphatic heterocycles. The van der Waals surface area contributed by atoms with Gasteiger partial charge in [-0.2, -0.15) is 5.26 Å². The first-order valence-electron chi connectivity index (χ1n) is 9.97. The Morgan fingerprint density at radius 1 is 1.39 bits per heavy atom. The van der Waals surface area contributed by atoms with Gasteiger partial charge in [0.15, 0.2) is 6.04 Å². The van der Waals surface area contributed by atoms with E-state index >= 15 is 0 Å². The average molecular weight is 389 g/mol. The number of nitrogens with zero attached hydrogens (tertiary/aromatic N) is 2. The molecular weight excluding hydrogens is 360 g/mol. The Labute approximate surface area is 164 Å². The molecule has 3 aliphatic rings. The first-order chi connectivity index (χ1) is 13.3. The number of rotatable bonds is 4. The lowest BCUT2D eigenvalue weighted by molar-refractivity contribution is -0.656. The third-order valence-electron chi connectivity index (χ3n) is 6.25. The van der Waals surface area contributed by atoms with Crippen molar-refractivity contribution in [3.63, 3.8) is 0 Å². The molecule has 2 amide bonds. The van der Waals surface area contributed by atoms with Gasteiger partial charge in [0.25, 0.3) is 6.04 Å². The van der Waals surface area contributed by atoms with E-state index in [-0.39, 0.29) is 36.2 Å². The fourth-order valence-corrected chi connectivity index (χ4v) is 4.69. The van der Waals surface area contributed by atoms with Crippen molar-refractivity contribution in [1.82, 2.24) is 21.4 Å². The second-order valence-electron chi connectivity index (χ2n) is 8.11. The van der Waals surface area contributed by atoms with Gasteiger partial charge in [0.05, 0.1) is 23.4 Å². The van der Waals surface area contributed by atoms with E-state index in [2.05, 4.69) is 28.3 Å². The van der Waals surface area contributed by atoms with Crippen LogP contribution in [0.4, 0.5) is 0 Å². The maximum atomic E-state index is 12.6. The Kier molecular flexibility index (Phi) is 5.98. The second-order valence-corrected chi connectivity index (χ2v) is 8.11. The van der Waals surface area contributed by atoms with Gasteiger partial charge in [0.1, 0.15) is 4.87 Å². The van der Waals surface area contributed by atoms with Crippen molar-refractivity contribution < 1.29 is 14.5 Å². The quantitative estimate of drug-likeness (QED) is 0.503. The zero-order valence-corrected chi connectivity index (χ0v) is 16.6. The number of hydrogen-bond acceptors (Lipinski definition) is 5. The molecule has 0 bridgehead atoms. The maximum absolute atomic E-state index is 12.6. The predicted octanol–water partition coefficient (Wildman–Crippen LogP) is 0.0322. The molecule has 9 heteroatoms. The lowest BCUT2D eigenvalue weighted by Crippen LogP contribution is -2.58. The van der Waals surface area contributed by atoms with Crippen molar-refractivity contribution >= 4 is 11.8 Å². The van der Waals surface area contributed by atoms with E-state index in [1.807, 2.05) is 13.0 Å². The summed E-state index contributed by atoms with van der Waals surface area (Å²) in [4.78, 5) is 37.9. The maximum Gasteiger partial charge on any atom is 0.254 e. The van der Waals surface area contributed by atoms with Crippen molar-refractivity contribution in [1.29, 1.82) is 5.26 Å². The van der Waals surface area contributed by atoms with E-state index < -0.39 is 18.1 Å². The lowest BCUT2D eigenvalue weighted by Gasteiger charge is -2.42. The highest BCUT2D eigenvalue weighted by Gasteiger charge is 2.41. The smallest absolute Gasteiger partial charge is 0.254 e. The molecule has 6 atom stereocenters. The predicted molar refractivity (Wildman–Crippen MR) is 102 cm³/mol. The van der Waals surface area contributed by atoms with Gasteiger partial charge in [-0.1, -0.05) is 5.57 Å². The van der Waals surface area contributed by atoms with E-state index in [9.17, 15) is 14.5 Å². The molecule has 0 aromatic rings. The monoisotopic (exact) mass is 389 g/mol. The average Bonchev–Trinajstić information content (AvgIpc) is 2.64. The van der Waals surface area contributed by atoms with Crippen molar-refractivity contribution in [2.45, 2.75) is 76.7 Å². The number of carbonyl (C=O) groups is 2. The highest BCUT2D eigenvalue weighted by molar-refractivity contribution is 6.00. The Morgan fingerprint density at radius 2 is 2.14 bits per heavy atom. The molecule has 28 heavy (non-hydrogen) atoms. The van der Waals surface area contributed by atoms with Crippen LogP contribution in [0.25, 0.3) is 0 Å². The zero-order valence-electron chi connectivity index (χ0n) is 16.6. The van der Waals surface area contributed by atoms with E-state index in [1.54, 1.807) is 6.92 Å². The number of hydrazine groups is 1. The molecule has 2 saturated heterocycles. The molecule has 0 radical (unpaired) electrons. The minimum atomic E-state index is -0.491. The summed E-state index contributed by atoms with van der Waals surface area (Å²) in [6.45, 7) is 6.69. The number of carbonyl (C=O) groups excluding carboxylic acids is 2. The van der Waals surface area contributed by atoms with Crippen LogP contribution < -0.4 is 21.4 Å². The van der Waals surface area contributed by atoms with Crippen LogP contribution in [0.2, 0.25) is 0 Å². The summed E-state index contributed by atoms with van der Waals surface area (Å²) in [5.74, 6) is -0.255. The third-order valence-corrected chi connectivity index (χ3v) is 6.25. The number of piperidine rings is 1. The van der Waals surface area contributed by atoms with E-state index in [0.717, 1.165) is 18.5 Å². The van der Waals surface area contributed by atoms with Gasteiger partial charge < -0.3 is 16.0 Å². The molecule has 0 aromatic heterocycles. The molecule has 0 saturated carbocycles. The minimum Gasteiger partial charge on any atom is -0.349 e. The Hall–Kier alpha value is -2.47. The molecule has 3 rings (SSSR count). The Bertz CT molecular complexity index is 742. The fourth-order valence-electron chi connectivity index (χ4n) is 4.69. The lowest BCUT2D eigenvalue weighted by atomic mass is 9.76. The molecule has 9 nitrogen and oxygen atoms in total. The summed E-state index contributed by atoms with van der Waals surface area (Å²) in [6.07, 6.45) is 1.95. The minimum absolute atomic E-state index is 0.00221. The number of hydrogen-bond donors (Lipinski definition) is 4. The van der Waals surface area contributed by atoms with Crippen molar-refractivity contribution in [3.8, 4) is 6.07 Å². The van der Waals surface area contributed by atoms with Crippen molar-refractivity contribution in [2.24, 2.45) is 5.92 Å². The van der Waals surface area contributed by atoms with E-state index in [0.29, 0.717) is 23.3 Å². The van der Waals surface area contributed by atoms with Crippen LogP contribution in [-0.4, -0.2) is 53.4 Å². The first-order valence-corrected chi connectivity index (χ1v) is 9.97. The molecule has 0 spiro atoms. The van der Waals surface area contributed by atoms with Crippen LogP contribution >= 0.6 is 0 Å². The SMILES string of the molecule is CC1=C(CC(=O)N[C@H](C)C2CCC(C#N)N[N+]2=O)C(=O)NC2CCNC(C)C12. The molecule has 2 fully saturated rings. The van der Waals surface area contributed by atoms with Crippen molar-refractivity contribution in [3.05, 3.63) is 16.1 Å². The van der Waals surface area contributed by atoms with E-state index in [4.69, 9.17) is 5.26 Å². The first kappa shape index (κ1) is 20.3. The van der Waals surface area contributed by atoms with Gasteiger partial charge >= 0.3 is 0 Å². The third kappa shape index (κ3) is 4.02. The van der Waals surface area contributed by atoms with Crippen LogP contribution in [0.5, 0.6) is 0 Å². The molecule has 0 aromatic carbocycles. The summed E-state index contributed by atoms with van der Waals surface area (Å²) >= 11 is 0. The summed E-state index contributed by atoms with van der Waals surface area (Å²) in [6, 6.07) is 1.05. The van der Waals surface area contributed by atoms with Crippen LogP contribution in [-0.2, 0) is 9.59 Å². The number of nitroso groups, excluding NO2 is 1. The number of nitriles is 1. The molecule has 3 heterocycles. The summed E-state index contributed by atoms with van der Waals surface area (Å²) < 4.78 is 0. The molecule has 152 valence electrons. The van der Waals surface area contributed by atoms with Crippen molar-refractivity contribution in [2.75, 3.05) is 6.54 Å². The number of nitrogens with one attached hydrogen (secondary N) is 4. The number of amides is 2. The topological polar surface area (TPSA) is 126 Å². The Balaban J connectivity index is 1.64. The van der Waals surface area contributed by atoms with Gasteiger partial charge in [-0.05, 0) is 40.2 Å². The van der Waals surface area contributed by atoms with Gasteiger partial charge in [0.2, 0.25) is 11.8 Å². The van der Waals surface area contributed by atoms with E-state index in [1.165, 1.54) is 0 Å². The van der Waals surface area contributed by atoms with Crippen LogP contribution in [0, 0.1) is 22.2 Å². The standard InChI is InChI=1S/C19H28N6O3/c1-10-14(19(27)23-15-6-7-21-12(3)18(10)15)8-17(26)22-11(2)16-5-4-13(9-20)24-25(16)28/h11-13,15-16,18,21H,4-8H2,1-3H3,(H2-,22,23,24,26,27,28)/p+1/t11-,12?,13?,15?,16?,18?/m1/s1. The highest BCUT2D eigenvalue weighted by atomic mass is 16.3. The summed E-state index contributed by atoms with van der Waals surface area (Å²) in [7, 11) is 0. The molecule has 4 N–H and O–H groups in total. The van der Waals surface area contributed by atoms with Gasteiger partial charge in [-0.25, -0.2) is 0 Å². The second kappa shape index (κ2) is 8.27. The van der Waals surface area contributed by atoms with Gasteiger partial charge in [0, 0.05) is 30.0 Å². The molecule has 5 unspecified atom stereocenters. The highest BCUT2D eigenvalue weighted by Crippen LogP contribution is 2.32. The normalized spacial score (nSPS) is 33.9. The van der Waals surface area contributed by atoms with Crippen LogP contribution in [0.3, 0.4) is 0 Å². The fraction of sp³-hybridized carbons (Fsp3) is 0.737. The largest absolute Gasteiger partial charge is 0.349 e. The van der Waals surface area contributed by atoms with Gasteiger partial charge in [-0.3, -0.25) is 9.59 Å². The number of fused-ring (bicyclic) bond motifs is 1. The summed E-state index contributed by atoms with van der Waals surface area (Å²) in [5.41, 5.74) is 4.08. The molecule has 0 aliphatic carbocycles. The van der Waals surface area contributed by atoms with Crippen LogP contribution in [0.1, 0.15) is 46.5 Å². The van der Waals surface area contributed by atoms with Gasteiger partial charge in [-0.15, -0.1) is 5.43 Å². The van der Waals surface area contributed by atoms with Crippen LogP contribution in [0.15, 0.2) is 11.1 Å². The molecular formula is C19H29N6O3+. The summed E-state index contributed by atoms with van der Waals surface area (Å²) in [5, 5.41) is 18.3. The zero-order chi connectivity index (χ0) is 20.4. The Morgan fingerprint density at radius 3 is 2.82 bits per heavy atom.